The highest BCUT2D eigenvalue weighted by Crippen LogP contribution is 2.10. The Morgan fingerprint density at radius 1 is 1.10 bits per heavy atom. The van der Waals surface area contributed by atoms with Crippen LogP contribution in [0.3, 0.4) is 0 Å². The van der Waals surface area contributed by atoms with Crippen molar-refractivity contribution in [1.29, 1.82) is 0 Å². The molecule has 0 saturated heterocycles. The van der Waals surface area contributed by atoms with Crippen LogP contribution in [0, 0.1) is 5.92 Å². The number of benzene rings is 1. The van der Waals surface area contributed by atoms with E-state index < -0.39 is 5.97 Å². The van der Waals surface area contributed by atoms with Crippen molar-refractivity contribution in [2.75, 3.05) is 5.32 Å². The SMILES string of the molecule is CC(C)CCCC(C)NC(=O)Nc1ccc(C(=O)O)cc1. The maximum atomic E-state index is 11.8. The van der Waals surface area contributed by atoms with Crippen molar-refractivity contribution in [1.82, 2.24) is 5.32 Å². The monoisotopic (exact) mass is 292 g/mol. The summed E-state index contributed by atoms with van der Waals surface area (Å²) in [7, 11) is 0. The first kappa shape index (κ1) is 17.0. The van der Waals surface area contributed by atoms with Crippen molar-refractivity contribution >= 4 is 17.7 Å². The number of urea groups is 1. The van der Waals surface area contributed by atoms with Crippen molar-refractivity contribution < 1.29 is 14.7 Å². The van der Waals surface area contributed by atoms with Crippen molar-refractivity contribution in [3.63, 3.8) is 0 Å². The van der Waals surface area contributed by atoms with Gasteiger partial charge in [0.2, 0.25) is 0 Å². The summed E-state index contributed by atoms with van der Waals surface area (Å²) in [4.78, 5) is 22.5. The zero-order valence-corrected chi connectivity index (χ0v) is 12.8. The molecule has 21 heavy (non-hydrogen) atoms. The lowest BCUT2D eigenvalue weighted by atomic mass is 10.0. The number of hydrogen-bond acceptors (Lipinski definition) is 2. The quantitative estimate of drug-likeness (QED) is 0.716. The third kappa shape index (κ3) is 6.79. The molecular weight excluding hydrogens is 268 g/mol. The second-order valence-electron chi connectivity index (χ2n) is 5.71. The molecule has 0 aliphatic heterocycles. The van der Waals surface area contributed by atoms with Gasteiger partial charge in [-0.15, -0.1) is 0 Å². The molecular formula is C16H24N2O3. The van der Waals surface area contributed by atoms with E-state index in [1.807, 2.05) is 6.92 Å². The highest BCUT2D eigenvalue weighted by molar-refractivity contribution is 5.91. The highest BCUT2D eigenvalue weighted by Gasteiger charge is 2.08. The van der Waals surface area contributed by atoms with E-state index in [1.54, 1.807) is 12.1 Å². The van der Waals surface area contributed by atoms with E-state index in [2.05, 4.69) is 24.5 Å². The summed E-state index contributed by atoms with van der Waals surface area (Å²) < 4.78 is 0. The van der Waals surface area contributed by atoms with Crippen LogP contribution in [-0.2, 0) is 0 Å². The first-order chi connectivity index (χ1) is 9.88. The first-order valence-electron chi connectivity index (χ1n) is 7.29. The molecule has 2 amide bonds. The largest absolute Gasteiger partial charge is 0.478 e. The summed E-state index contributed by atoms with van der Waals surface area (Å²) in [6, 6.07) is 5.92. The minimum Gasteiger partial charge on any atom is -0.478 e. The van der Waals surface area contributed by atoms with E-state index >= 15 is 0 Å². The summed E-state index contributed by atoms with van der Waals surface area (Å²) >= 11 is 0. The number of rotatable bonds is 7. The van der Waals surface area contributed by atoms with E-state index in [9.17, 15) is 9.59 Å². The Bertz CT molecular complexity index is 469. The normalized spacial score (nSPS) is 12.0. The summed E-state index contributed by atoms with van der Waals surface area (Å²) in [5.74, 6) is -0.302. The van der Waals surface area contributed by atoms with Gasteiger partial charge >= 0.3 is 12.0 Å². The van der Waals surface area contributed by atoms with Crippen molar-refractivity contribution in [3.05, 3.63) is 29.8 Å². The van der Waals surface area contributed by atoms with Gasteiger partial charge < -0.3 is 15.7 Å². The lowest BCUT2D eigenvalue weighted by Gasteiger charge is -2.15. The summed E-state index contributed by atoms with van der Waals surface area (Å²) in [5, 5.41) is 14.4. The zero-order chi connectivity index (χ0) is 15.8. The molecule has 5 heteroatoms. The molecule has 0 aliphatic rings. The predicted octanol–water partition coefficient (Wildman–Crippen LogP) is 3.72. The van der Waals surface area contributed by atoms with Gasteiger partial charge in [-0.3, -0.25) is 0 Å². The fourth-order valence-electron chi connectivity index (χ4n) is 1.99. The van der Waals surface area contributed by atoms with Crippen LogP contribution in [0.2, 0.25) is 0 Å². The lowest BCUT2D eigenvalue weighted by molar-refractivity contribution is 0.0697. The number of hydrogen-bond donors (Lipinski definition) is 3. The maximum absolute atomic E-state index is 11.8. The van der Waals surface area contributed by atoms with Crippen LogP contribution >= 0.6 is 0 Å². The summed E-state index contributed by atoms with van der Waals surface area (Å²) in [5.41, 5.74) is 0.773. The van der Waals surface area contributed by atoms with Gasteiger partial charge in [0, 0.05) is 11.7 Å². The fourth-order valence-corrected chi connectivity index (χ4v) is 1.99. The molecule has 0 aliphatic carbocycles. The predicted molar refractivity (Wildman–Crippen MR) is 83.7 cm³/mol. The van der Waals surface area contributed by atoms with Gasteiger partial charge in [0.05, 0.1) is 5.56 Å². The van der Waals surface area contributed by atoms with Gasteiger partial charge in [-0.2, -0.15) is 0 Å². The number of nitrogens with one attached hydrogen (secondary N) is 2. The standard InChI is InChI=1S/C16H24N2O3/c1-11(2)5-4-6-12(3)17-16(21)18-14-9-7-13(8-10-14)15(19)20/h7-12H,4-6H2,1-3H3,(H,19,20)(H2,17,18,21). The molecule has 0 bridgehead atoms. The van der Waals surface area contributed by atoms with Crippen LogP contribution in [0.25, 0.3) is 0 Å². The third-order valence-electron chi connectivity index (χ3n) is 3.19. The van der Waals surface area contributed by atoms with Gasteiger partial charge in [0.25, 0.3) is 0 Å². The van der Waals surface area contributed by atoms with Crippen LogP contribution in [0.1, 0.15) is 50.4 Å². The third-order valence-corrected chi connectivity index (χ3v) is 3.19. The molecule has 0 heterocycles. The number of carboxylic acid groups (broad SMARTS) is 1. The van der Waals surface area contributed by atoms with Crippen LogP contribution in [0.15, 0.2) is 24.3 Å². The van der Waals surface area contributed by atoms with Gasteiger partial charge in [0.1, 0.15) is 0 Å². The number of amides is 2. The van der Waals surface area contributed by atoms with Gasteiger partial charge in [-0.25, -0.2) is 9.59 Å². The topological polar surface area (TPSA) is 78.4 Å². The molecule has 1 atom stereocenters. The Labute approximate surface area is 125 Å². The molecule has 0 saturated carbocycles. The number of aromatic carboxylic acids is 1. The number of carboxylic acids is 1. The maximum Gasteiger partial charge on any atom is 0.335 e. The fraction of sp³-hybridized carbons (Fsp3) is 0.500. The highest BCUT2D eigenvalue weighted by atomic mass is 16.4. The van der Waals surface area contributed by atoms with Crippen molar-refractivity contribution in [3.8, 4) is 0 Å². The average molecular weight is 292 g/mol. The van der Waals surface area contributed by atoms with E-state index in [1.165, 1.54) is 12.1 Å². The summed E-state index contributed by atoms with van der Waals surface area (Å²) in [6.07, 6.45) is 3.19. The second kappa shape index (κ2) is 8.29. The molecule has 1 aromatic rings. The molecule has 1 aromatic carbocycles. The smallest absolute Gasteiger partial charge is 0.335 e. The van der Waals surface area contributed by atoms with Crippen LogP contribution in [0.5, 0.6) is 0 Å². The Morgan fingerprint density at radius 3 is 2.24 bits per heavy atom. The van der Waals surface area contributed by atoms with E-state index in [0.717, 1.165) is 19.3 Å². The molecule has 1 rings (SSSR count). The Morgan fingerprint density at radius 2 is 1.71 bits per heavy atom. The van der Waals surface area contributed by atoms with Gasteiger partial charge in [0.15, 0.2) is 0 Å². The second-order valence-corrected chi connectivity index (χ2v) is 5.71. The Hall–Kier alpha value is -2.04. The van der Waals surface area contributed by atoms with E-state index in [0.29, 0.717) is 11.6 Å². The van der Waals surface area contributed by atoms with E-state index in [-0.39, 0.29) is 17.6 Å². The van der Waals surface area contributed by atoms with Crippen LogP contribution < -0.4 is 10.6 Å². The molecule has 116 valence electrons. The molecule has 0 radical (unpaired) electrons. The number of carbonyl (C=O) groups is 2. The molecule has 5 nitrogen and oxygen atoms in total. The molecule has 1 unspecified atom stereocenters. The van der Waals surface area contributed by atoms with Gasteiger partial charge in [-0.05, 0) is 43.5 Å². The molecule has 0 spiro atoms. The van der Waals surface area contributed by atoms with E-state index in [4.69, 9.17) is 5.11 Å². The van der Waals surface area contributed by atoms with Crippen molar-refractivity contribution in [2.45, 2.75) is 46.1 Å². The minimum atomic E-state index is -0.982. The van der Waals surface area contributed by atoms with Crippen LogP contribution in [0.4, 0.5) is 10.5 Å². The average Bonchev–Trinajstić information content (AvgIpc) is 2.38. The zero-order valence-electron chi connectivity index (χ0n) is 12.8. The number of carbonyl (C=O) groups excluding carboxylic acids is 1. The first-order valence-corrected chi connectivity index (χ1v) is 7.29. The Kier molecular flexibility index (Phi) is 6.72. The molecule has 0 fully saturated rings. The van der Waals surface area contributed by atoms with Gasteiger partial charge in [-0.1, -0.05) is 26.7 Å². The number of anilines is 1. The lowest BCUT2D eigenvalue weighted by Crippen LogP contribution is -2.36. The summed E-state index contributed by atoms with van der Waals surface area (Å²) in [6.45, 7) is 6.35. The Balaban J connectivity index is 2.37. The van der Waals surface area contributed by atoms with Crippen molar-refractivity contribution in [2.24, 2.45) is 5.92 Å². The minimum absolute atomic E-state index is 0.113. The molecule has 0 aromatic heterocycles. The molecule has 3 N–H and O–H groups in total. The van der Waals surface area contributed by atoms with Crippen LogP contribution in [-0.4, -0.2) is 23.1 Å².